The lowest BCUT2D eigenvalue weighted by atomic mass is 10.0. The molecule has 138 valence electrons. The van der Waals surface area contributed by atoms with Crippen LogP contribution in [-0.4, -0.2) is 30.6 Å². The van der Waals surface area contributed by atoms with Crippen molar-refractivity contribution in [1.82, 2.24) is 4.90 Å². The zero-order valence-corrected chi connectivity index (χ0v) is 15.9. The van der Waals surface area contributed by atoms with Gasteiger partial charge in [-0.15, -0.1) is 0 Å². The van der Waals surface area contributed by atoms with Gasteiger partial charge in [-0.05, 0) is 54.5 Å². The number of aliphatic imine (C=N–C) groups is 1. The second-order valence-corrected chi connectivity index (χ2v) is 7.14. The van der Waals surface area contributed by atoms with Crippen LogP contribution < -0.4 is 10.5 Å². The van der Waals surface area contributed by atoms with Crippen LogP contribution >= 0.6 is 0 Å². The van der Waals surface area contributed by atoms with Crippen molar-refractivity contribution in [2.24, 2.45) is 10.7 Å². The zero-order valence-electron chi connectivity index (χ0n) is 15.9. The summed E-state index contributed by atoms with van der Waals surface area (Å²) in [5.41, 5.74) is 10.1. The molecular weight excluding hydrogens is 334 g/mol. The number of aryl methyl sites for hydroxylation is 2. The number of likely N-dealkylation sites (N-methyl/N-ethyl adjacent to an activating group) is 1. The molecule has 4 rings (SSSR count). The van der Waals surface area contributed by atoms with Crippen LogP contribution in [0.25, 0.3) is 10.8 Å². The number of benzene rings is 3. The minimum Gasteiger partial charge on any atom is -0.491 e. The number of hydrogen-bond donors (Lipinski definition) is 1. The predicted molar refractivity (Wildman–Crippen MR) is 112 cm³/mol. The van der Waals surface area contributed by atoms with Crippen LogP contribution in [0.3, 0.4) is 0 Å². The van der Waals surface area contributed by atoms with E-state index in [9.17, 15) is 0 Å². The maximum absolute atomic E-state index is 6.32. The summed E-state index contributed by atoms with van der Waals surface area (Å²) in [5.74, 6) is 1.36. The lowest BCUT2D eigenvalue weighted by molar-refractivity contribution is 0.226. The first-order valence-corrected chi connectivity index (χ1v) is 9.42. The summed E-state index contributed by atoms with van der Waals surface area (Å²) in [6.07, 6.45) is 2.23. The molecule has 2 N–H and O–H groups in total. The Bertz CT molecular complexity index is 971. The van der Waals surface area contributed by atoms with Crippen LogP contribution in [0.5, 0.6) is 5.75 Å². The third-order valence-corrected chi connectivity index (χ3v) is 5.35. The SMILES string of the molecule is CC(COc1ccccc1)N(C)C(N)=Nc1ccc2c3c(cccc13)CC2. The van der Waals surface area contributed by atoms with E-state index in [2.05, 4.69) is 37.3 Å². The second kappa shape index (κ2) is 7.31. The fourth-order valence-corrected chi connectivity index (χ4v) is 3.60. The Morgan fingerprint density at radius 1 is 1.04 bits per heavy atom. The number of ether oxygens (including phenoxy) is 1. The van der Waals surface area contributed by atoms with E-state index in [-0.39, 0.29) is 6.04 Å². The normalized spacial score (nSPS) is 14.4. The standard InChI is InChI=1S/C23H25N3O/c1-16(15-27-19-8-4-3-5-9-19)26(2)23(24)25-21-14-13-18-12-11-17-7-6-10-20(21)22(17)18/h3-10,13-14,16H,11-12,15H2,1-2H3,(H2,24,25). The smallest absolute Gasteiger partial charge is 0.196 e. The molecule has 4 nitrogen and oxygen atoms in total. The van der Waals surface area contributed by atoms with Crippen molar-refractivity contribution in [1.29, 1.82) is 0 Å². The van der Waals surface area contributed by atoms with Gasteiger partial charge in [0.25, 0.3) is 0 Å². The number of para-hydroxylation sites is 1. The van der Waals surface area contributed by atoms with Gasteiger partial charge in [0.2, 0.25) is 0 Å². The van der Waals surface area contributed by atoms with Crippen LogP contribution in [-0.2, 0) is 12.8 Å². The molecule has 3 aromatic rings. The molecule has 0 aliphatic heterocycles. The van der Waals surface area contributed by atoms with E-state index in [0.717, 1.165) is 24.3 Å². The Hall–Kier alpha value is -3.01. The van der Waals surface area contributed by atoms with Crippen LogP contribution in [0.2, 0.25) is 0 Å². The predicted octanol–water partition coefficient (Wildman–Crippen LogP) is 4.28. The quantitative estimate of drug-likeness (QED) is 0.546. The van der Waals surface area contributed by atoms with Gasteiger partial charge in [-0.2, -0.15) is 0 Å². The molecule has 1 unspecified atom stereocenters. The highest BCUT2D eigenvalue weighted by Gasteiger charge is 2.17. The highest BCUT2D eigenvalue weighted by atomic mass is 16.5. The summed E-state index contributed by atoms with van der Waals surface area (Å²) in [4.78, 5) is 6.70. The molecule has 4 heteroatoms. The summed E-state index contributed by atoms with van der Waals surface area (Å²) in [7, 11) is 1.96. The molecule has 1 atom stereocenters. The lowest BCUT2D eigenvalue weighted by Crippen LogP contribution is -2.43. The van der Waals surface area contributed by atoms with Crippen molar-refractivity contribution >= 4 is 22.4 Å². The topological polar surface area (TPSA) is 50.9 Å². The first-order valence-electron chi connectivity index (χ1n) is 9.42. The molecule has 0 radical (unpaired) electrons. The molecule has 1 aliphatic carbocycles. The van der Waals surface area contributed by atoms with E-state index in [1.807, 2.05) is 42.3 Å². The van der Waals surface area contributed by atoms with Crippen LogP contribution in [0.1, 0.15) is 18.1 Å². The van der Waals surface area contributed by atoms with Crippen LogP contribution in [0.4, 0.5) is 5.69 Å². The Labute approximate surface area is 160 Å². The van der Waals surface area contributed by atoms with Gasteiger partial charge >= 0.3 is 0 Å². The Kier molecular flexibility index (Phi) is 4.71. The average molecular weight is 359 g/mol. The molecule has 0 bridgehead atoms. The van der Waals surface area contributed by atoms with Gasteiger partial charge in [0.1, 0.15) is 12.4 Å². The molecular formula is C23H25N3O. The first-order chi connectivity index (χ1) is 13.1. The van der Waals surface area contributed by atoms with Gasteiger partial charge < -0.3 is 15.4 Å². The molecule has 0 saturated heterocycles. The average Bonchev–Trinajstić information content (AvgIpc) is 3.13. The van der Waals surface area contributed by atoms with Gasteiger partial charge in [-0.3, -0.25) is 0 Å². The molecule has 0 heterocycles. The number of guanidine groups is 1. The monoisotopic (exact) mass is 359 g/mol. The van der Waals surface area contributed by atoms with Gasteiger partial charge in [-0.25, -0.2) is 4.99 Å². The van der Waals surface area contributed by atoms with Gasteiger partial charge in [-0.1, -0.05) is 42.5 Å². The Morgan fingerprint density at radius 3 is 2.56 bits per heavy atom. The van der Waals surface area contributed by atoms with Crippen molar-refractivity contribution in [2.75, 3.05) is 13.7 Å². The maximum atomic E-state index is 6.32. The molecule has 27 heavy (non-hydrogen) atoms. The largest absolute Gasteiger partial charge is 0.491 e. The summed E-state index contributed by atoms with van der Waals surface area (Å²) in [6.45, 7) is 2.62. The summed E-state index contributed by atoms with van der Waals surface area (Å²) in [5, 5.41) is 2.54. The number of nitrogens with zero attached hydrogens (tertiary/aromatic N) is 2. The van der Waals surface area contributed by atoms with E-state index >= 15 is 0 Å². The number of hydrogen-bond acceptors (Lipinski definition) is 2. The second-order valence-electron chi connectivity index (χ2n) is 7.14. The molecule has 0 amide bonds. The first kappa shape index (κ1) is 17.4. The van der Waals surface area contributed by atoms with Gasteiger partial charge in [0.15, 0.2) is 5.96 Å². The van der Waals surface area contributed by atoms with E-state index in [1.165, 1.54) is 21.9 Å². The molecule has 0 spiro atoms. The minimum atomic E-state index is 0.103. The van der Waals surface area contributed by atoms with E-state index in [0.29, 0.717) is 12.6 Å². The van der Waals surface area contributed by atoms with Crippen LogP contribution in [0.15, 0.2) is 65.7 Å². The minimum absolute atomic E-state index is 0.103. The fraction of sp³-hybridized carbons (Fsp3) is 0.261. The summed E-state index contributed by atoms with van der Waals surface area (Å²) >= 11 is 0. The van der Waals surface area contributed by atoms with Crippen molar-refractivity contribution in [3.05, 3.63) is 71.8 Å². The van der Waals surface area contributed by atoms with Crippen molar-refractivity contribution in [3.8, 4) is 5.75 Å². The highest BCUT2D eigenvalue weighted by molar-refractivity contribution is 6.00. The van der Waals surface area contributed by atoms with Crippen molar-refractivity contribution in [2.45, 2.75) is 25.8 Å². The molecule has 3 aromatic carbocycles. The van der Waals surface area contributed by atoms with Crippen molar-refractivity contribution < 1.29 is 4.74 Å². The molecule has 1 aliphatic rings. The Morgan fingerprint density at radius 2 is 1.78 bits per heavy atom. The lowest BCUT2D eigenvalue weighted by Gasteiger charge is -2.26. The fourth-order valence-electron chi connectivity index (χ4n) is 3.60. The highest BCUT2D eigenvalue weighted by Crippen LogP contribution is 2.36. The van der Waals surface area contributed by atoms with Gasteiger partial charge in [0, 0.05) is 12.4 Å². The molecule has 0 fully saturated rings. The number of nitrogens with two attached hydrogens (primary N) is 1. The Balaban J connectivity index is 1.53. The van der Waals surface area contributed by atoms with E-state index < -0.39 is 0 Å². The van der Waals surface area contributed by atoms with Crippen molar-refractivity contribution in [3.63, 3.8) is 0 Å². The third-order valence-electron chi connectivity index (χ3n) is 5.35. The van der Waals surface area contributed by atoms with Gasteiger partial charge in [0.05, 0.1) is 11.7 Å². The van der Waals surface area contributed by atoms with Crippen LogP contribution in [0, 0.1) is 0 Å². The van der Waals surface area contributed by atoms with E-state index in [1.54, 1.807) is 0 Å². The molecule has 0 saturated carbocycles. The van der Waals surface area contributed by atoms with E-state index in [4.69, 9.17) is 15.5 Å². The summed E-state index contributed by atoms with van der Waals surface area (Å²) in [6, 6.07) is 20.7. The maximum Gasteiger partial charge on any atom is 0.196 e. The zero-order chi connectivity index (χ0) is 18.8. The third kappa shape index (κ3) is 3.47. The number of rotatable bonds is 5. The summed E-state index contributed by atoms with van der Waals surface area (Å²) < 4.78 is 5.85. The molecule has 0 aromatic heterocycles.